The Morgan fingerprint density at radius 2 is 1.74 bits per heavy atom. The summed E-state index contributed by atoms with van der Waals surface area (Å²) in [6, 6.07) is 10.4. The van der Waals surface area contributed by atoms with Gasteiger partial charge in [-0.2, -0.15) is 0 Å². The first kappa shape index (κ1) is 12.9. The lowest BCUT2D eigenvalue weighted by molar-refractivity contribution is -0.184. The van der Waals surface area contributed by atoms with Gasteiger partial charge in [0.25, 0.3) is 0 Å². The van der Waals surface area contributed by atoms with E-state index in [2.05, 4.69) is 41.3 Å². The first-order valence-electron chi connectivity index (χ1n) is 7.08. The second-order valence-corrected chi connectivity index (χ2v) is 5.22. The van der Waals surface area contributed by atoms with E-state index < -0.39 is 0 Å². The van der Waals surface area contributed by atoms with E-state index in [0.717, 1.165) is 45.7 Å². The van der Waals surface area contributed by atoms with Crippen molar-refractivity contribution in [1.29, 1.82) is 0 Å². The lowest BCUT2D eigenvalue weighted by atomic mass is 10.0. The van der Waals surface area contributed by atoms with Gasteiger partial charge >= 0.3 is 0 Å². The van der Waals surface area contributed by atoms with Crippen molar-refractivity contribution in [1.82, 2.24) is 4.90 Å². The molecule has 1 aromatic rings. The summed E-state index contributed by atoms with van der Waals surface area (Å²) in [5.74, 6) is -0.250. The number of rotatable bonds is 3. The van der Waals surface area contributed by atoms with E-state index in [1.807, 2.05) is 6.07 Å². The molecule has 19 heavy (non-hydrogen) atoms. The van der Waals surface area contributed by atoms with Crippen LogP contribution >= 0.6 is 0 Å². The van der Waals surface area contributed by atoms with Crippen molar-refractivity contribution >= 4 is 6.08 Å². The van der Waals surface area contributed by atoms with Gasteiger partial charge in [-0.25, -0.2) is 0 Å². The summed E-state index contributed by atoms with van der Waals surface area (Å²) in [6.45, 7) is 4.63. The third-order valence-corrected chi connectivity index (χ3v) is 3.90. The molecule has 1 aromatic carbocycles. The largest absolute Gasteiger partial charge is 0.347 e. The van der Waals surface area contributed by atoms with E-state index >= 15 is 0 Å². The molecule has 2 saturated heterocycles. The number of piperidine rings is 1. The van der Waals surface area contributed by atoms with Crippen LogP contribution in [0.5, 0.6) is 0 Å². The highest BCUT2D eigenvalue weighted by molar-refractivity contribution is 5.48. The Morgan fingerprint density at radius 1 is 1.05 bits per heavy atom. The van der Waals surface area contributed by atoms with Gasteiger partial charge in [-0.3, -0.25) is 4.90 Å². The van der Waals surface area contributed by atoms with E-state index in [1.165, 1.54) is 5.56 Å². The zero-order valence-corrected chi connectivity index (χ0v) is 11.3. The molecule has 2 fully saturated rings. The molecule has 0 atom stereocenters. The summed E-state index contributed by atoms with van der Waals surface area (Å²) in [5, 5.41) is 0. The van der Waals surface area contributed by atoms with Gasteiger partial charge in [-0.15, -0.1) is 0 Å². The lowest BCUT2D eigenvalue weighted by Crippen LogP contribution is -2.45. The van der Waals surface area contributed by atoms with E-state index in [0.29, 0.717) is 0 Å². The summed E-state index contributed by atoms with van der Waals surface area (Å²) < 4.78 is 11.5. The molecule has 0 bridgehead atoms. The van der Waals surface area contributed by atoms with Gasteiger partial charge in [-0.1, -0.05) is 42.5 Å². The molecule has 1 spiro atoms. The van der Waals surface area contributed by atoms with E-state index in [-0.39, 0.29) is 5.79 Å². The highest BCUT2D eigenvalue weighted by Gasteiger charge is 2.39. The van der Waals surface area contributed by atoms with Crippen LogP contribution in [0.25, 0.3) is 6.08 Å². The second-order valence-electron chi connectivity index (χ2n) is 5.22. The molecular formula is C16H21NO2. The summed E-state index contributed by atoms with van der Waals surface area (Å²) in [5.41, 5.74) is 1.26. The Morgan fingerprint density at radius 3 is 2.42 bits per heavy atom. The van der Waals surface area contributed by atoms with Gasteiger partial charge in [0.2, 0.25) is 0 Å². The maximum atomic E-state index is 5.74. The fourth-order valence-corrected chi connectivity index (χ4v) is 2.76. The van der Waals surface area contributed by atoms with Crippen LogP contribution in [-0.4, -0.2) is 43.5 Å². The predicted molar refractivity (Wildman–Crippen MR) is 75.8 cm³/mol. The Balaban J connectivity index is 1.46. The number of likely N-dealkylation sites (tertiary alicyclic amines) is 1. The standard InChI is InChI=1S/C16H21NO2/c1-2-5-15(6-3-1)7-4-10-17-11-8-16(9-12-17)18-13-14-19-16/h1-7H,8-14H2/b7-4+. The number of hydrogen-bond donors (Lipinski definition) is 0. The molecule has 102 valence electrons. The van der Waals surface area contributed by atoms with E-state index in [4.69, 9.17) is 9.47 Å². The Kier molecular flexibility index (Phi) is 3.97. The van der Waals surface area contributed by atoms with Crippen molar-refractivity contribution in [3.63, 3.8) is 0 Å². The number of ether oxygens (including phenoxy) is 2. The molecule has 0 unspecified atom stereocenters. The zero-order chi connectivity index (χ0) is 13.0. The fraction of sp³-hybridized carbons (Fsp3) is 0.500. The van der Waals surface area contributed by atoms with Gasteiger partial charge in [-0.05, 0) is 5.56 Å². The molecular weight excluding hydrogens is 238 g/mol. The van der Waals surface area contributed by atoms with E-state index in [1.54, 1.807) is 0 Å². The molecule has 0 aromatic heterocycles. The minimum Gasteiger partial charge on any atom is -0.347 e. The van der Waals surface area contributed by atoms with Crippen LogP contribution in [0.1, 0.15) is 18.4 Å². The Hall–Kier alpha value is -1.16. The SMILES string of the molecule is C(=C\c1ccccc1)/CN1CCC2(CC1)OCCO2. The van der Waals surface area contributed by atoms with Crippen LogP contribution in [-0.2, 0) is 9.47 Å². The second kappa shape index (κ2) is 5.87. The van der Waals surface area contributed by atoms with E-state index in [9.17, 15) is 0 Å². The minimum absolute atomic E-state index is 0.250. The summed E-state index contributed by atoms with van der Waals surface area (Å²) in [6.07, 6.45) is 6.41. The molecule has 2 aliphatic heterocycles. The molecule has 2 aliphatic rings. The van der Waals surface area contributed by atoms with Gasteiger partial charge in [0, 0.05) is 32.5 Å². The molecule has 3 rings (SSSR count). The lowest BCUT2D eigenvalue weighted by Gasteiger charge is -2.37. The van der Waals surface area contributed by atoms with Crippen molar-refractivity contribution < 1.29 is 9.47 Å². The quantitative estimate of drug-likeness (QED) is 0.832. The van der Waals surface area contributed by atoms with Crippen molar-refractivity contribution in [3.05, 3.63) is 42.0 Å². The van der Waals surface area contributed by atoms with Crippen LogP contribution in [0, 0.1) is 0 Å². The summed E-state index contributed by atoms with van der Waals surface area (Å²) >= 11 is 0. The fourth-order valence-electron chi connectivity index (χ4n) is 2.76. The average Bonchev–Trinajstić information content (AvgIpc) is 2.91. The number of nitrogens with zero attached hydrogens (tertiary/aromatic N) is 1. The predicted octanol–water partition coefficient (Wildman–Crippen LogP) is 2.54. The van der Waals surface area contributed by atoms with Crippen LogP contribution < -0.4 is 0 Å². The highest BCUT2D eigenvalue weighted by atomic mass is 16.7. The smallest absolute Gasteiger partial charge is 0.170 e. The average molecular weight is 259 g/mol. The molecule has 0 radical (unpaired) electrons. The molecule has 0 saturated carbocycles. The van der Waals surface area contributed by atoms with Crippen molar-refractivity contribution in [3.8, 4) is 0 Å². The molecule has 3 nitrogen and oxygen atoms in total. The van der Waals surface area contributed by atoms with Crippen LogP contribution in [0.2, 0.25) is 0 Å². The number of hydrogen-bond acceptors (Lipinski definition) is 3. The van der Waals surface area contributed by atoms with Gasteiger partial charge < -0.3 is 9.47 Å². The zero-order valence-electron chi connectivity index (χ0n) is 11.3. The summed E-state index contributed by atoms with van der Waals surface area (Å²) in [7, 11) is 0. The Labute approximate surface area is 114 Å². The first-order chi connectivity index (χ1) is 9.36. The van der Waals surface area contributed by atoms with Crippen molar-refractivity contribution in [2.75, 3.05) is 32.8 Å². The van der Waals surface area contributed by atoms with Gasteiger partial charge in [0.05, 0.1) is 13.2 Å². The maximum Gasteiger partial charge on any atom is 0.170 e. The molecule has 3 heteroatoms. The third kappa shape index (κ3) is 3.24. The molecule has 0 N–H and O–H groups in total. The summed E-state index contributed by atoms with van der Waals surface area (Å²) in [4.78, 5) is 2.45. The van der Waals surface area contributed by atoms with Crippen LogP contribution in [0.15, 0.2) is 36.4 Å². The van der Waals surface area contributed by atoms with Crippen molar-refractivity contribution in [2.24, 2.45) is 0 Å². The molecule has 0 amide bonds. The van der Waals surface area contributed by atoms with Crippen LogP contribution in [0.3, 0.4) is 0 Å². The first-order valence-corrected chi connectivity index (χ1v) is 7.08. The normalized spacial score (nSPS) is 23.4. The minimum atomic E-state index is -0.250. The Bertz CT molecular complexity index is 414. The maximum absolute atomic E-state index is 5.74. The van der Waals surface area contributed by atoms with Gasteiger partial charge in [0.15, 0.2) is 5.79 Å². The monoisotopic (exact) mass is 259 g/mol. The third-order valence-electron chi connectivity index (χ3n) is 3.90. The highest BCUT2D eigenvalue weighted by Crippen LogP contribution is 2.31. The van der Waals surface area contributed by atoms with Crippen LogP contribution in [0.4, 0.5) is 0 Å². The molecule has 0 aliphatic carbocycles. The molecule has 2 heterocycles. The van der Waals surface area contributed by atoms with Crippen molar-refractivity contribution in [2.45, 2.75) is 18.6 Å². The van der Waals surface area contributed by atoms with Gasteiger partial charge in [0.1, 0.15) is 0 Å². The number of benzene rings is 1. The topological polar surface area (TPSA) is 21.7 Å².